The van der Waals surface area contributed by atoms with Crippen LogP contribution in [0.3, 0.4) is 0 Å². The molecule has 0 bridgehead atoms. The van der Waals surface area contributed by atoms with Gasteiger partial charge >= 0.3 is 0 Å². The first kappa shape index (κ1) is 10.9. The molecule has 2 heteroatoms. The highest BCUT2D eigenvalue weighted by molar-refractivity contribution is 4.65. The zero-order valence-corrected chi connectivity index (χ0v) is 8.56. The molecule has 1 atom stereocenters. The van der Waals surface area contributed by atoms with Crippen molar-refractivity contribution in [1.29, 1.82) is 0 Å². The molecule has 0 aliphatic rings. The van der Waals surface area contributed by atoms with Crippen molar-refractivity contribution >= 4 is 0 Å². The summed E-state index contributed by atoms with van der Waals surface area (Å²) in [6.07, 6.45) is 0.272. The molecule has 0 aliphatic carbocycles. The third-order valence-corrected chi connectivity index (χ3v) is 1.49. The van der Waals surface area contributed by atoms with Crippen molar-refractivity contribution in [3.63, 3.8) is 0 Å². The number of rotatable bonds is 3. The van der Waals surface area contributed by atoms with Gasteiger partial charge in [0.15, 0.2) is 0 Å². The Kier molecular flexibility index (Phi) is 4.04. The molecule has 0 aliphatic heterocycles. The molecule has 68 valence electrons. The average molecular weight is 159 g/mol. The molecule has 0 aromatic carbocycles. The van der Waals surface area contributed by atoms with E-state index in [1.165, 1.54) is 0 Å². The van der Waals surface area contributed by atoms with Gasteiger partial charge in [0.25, 0.3) is 0 Å². The third kappa shape index (κ3) is 6.32. The van der Waals surface area contributed by atoms with Gasteiger partial charge in [-0.15, -0.1) is 0 Å². The van der Waals surface area contributed by atoms with Crippen molar-refractivity contribution < 1.29 is 4.84 Å². The Morgan fingerprint density at radius 3 is 1.82 bits per heavy atom. The molecule has 1 N–H and O–H groups in total. The summed E-state index contributed by atoms with van der Waals surface area (Å²) in [5.74, 6) is 0.560. The lowest BCUT2D eigenvalue weighted by atomic mass is 10.1. The van der Waals surface area contributed by atoms with E-state index in [0.717, 1.165) is 0 Å². The summed E-state index contributed by atoms with van der Waals surface area (Å²) in [4.78, 5) is 5.42. The highest BCUT2D eigenvalue weighted by Gasteiger charge is 2.13. The van der Waals surface area contributed by atoms with E-state index in [-0.39, 0.29) is 11.6 Å². The van der Waals surface area contributed by atoms with Gasteiger partial charge in [-0.05, 0) is 33.6 Å². The highest BCUT2D eigenvalue weighted by Crippen LogP contribution is 2.06. The van der Waals surface area contributed by atoms with Gasteiger partial charge in [-0.1, -0.05) is 13.8 Å². The smallest absolute Gasteiger partial charge is 0.0785 e. The molecule has 0 saturated heterocycles. The summed E-state index contributed by atoms with van der Waals surface area (Å²) < 4.78 is 0. The van der Waals surface area contributed by atoms with E-state index >= 15 is 0 Å². The van der Waals surface area contributed by atoms with Crippen LogP contribution in [0, 0.1) is 5.92 Å². The van der Waals surface area contributed by atoms with Crippen molar-refractivity contribution in [2.75, 3.05) is 0 Å². The molecule has 0 heterocycles. The van der Waals surface area contributed by atoms with Crippen molar-refractivity contribution in [1.82, 2.24) is 5.48 Å². The van der Waals surface area contributed by atoms with E-state index < -0.39 is 0 Å². The lowest BCUT2D eigenvalue weighted by molar-refractivity contribution is -0.0709. The van der Waals surface area contributed by atoms with Crippen LogP contribution in [0.15, 0.2) is 0 Å². The van der Waals surface area contributed by atoms with Crippen LogP contribution in [-0.2, 0) is 4.84 Å². The van der Waals surface area contributed by atoms with Crippen molar-refractivity contribution in [3.05, 3.63) is 0 Å². The summed E-state index contributed by atoms with van der Waals surface area (Å²) in [6, 6.07) is 0. The van der Waals surface area contributed by atoms with Gasteiger partial charge in [-0.3, -0.25) is 4.84 Å². The van der Waals surface area contributed by atoms with Crippen LogP contribution in [0.5, 0.6) is 0 Å². The van der Waals surface area contributed by atoms with Crippen LogP contribution < -0.4 is 5.48 Å². The molecular formula is C9H21NO. The molecule has 0 aromatic rings. The second kappa shape index (κ2) is 4.07. The lowest BCUT2D eigenvalue weighted by Gasteiger charge is -2.24. The zero-order chi connectivity index (χ0) is 9.07. The molecule has 0 radical (unpaired) electrons. The highest BCUT2D eigenvalue weighted by atomic mass is 16.7. The lowest BCUT2D eigenvalue weighted by Crippen LogP contribution is -2.39. The predicted octanol–water partition coefficient (Wildman–Crippen LogP) is 2.35. The molecule has 2 nitrogen and oxygen atoms in total. The summed E-state index contributed by atoms with van der Waals surface area (Å²) in [7, 11) is 0. The van der Waals surface area contributed by atoms with Crippen LogP contribution >= 0.6 is 0 Å². The van der Waals surface area contributed by atoms with Crippen LogP contribution in [-0.4, -0.2) is 11.6 Å². The summed E-state index contributed by atoms with van der Waals surface area (Å²) in [5.41, 5.74) is 3.05. The quantitative estimate of drug-likeness (QED) is 0.638. The average Bonchev–Trinajstić information content (AvgIpc) is 1.80. The molecule has 0 saturated carbocycles. The third-order valence-electron chi connectivity index (χ3n) is 1.49. The maximum absolute atomic E-state index is 5.42. The monoisotopic (exact) mass is 159 g/mol. The Morgan fingerprint density at radius 1 is 1.09 bits per heavy atom. The molecule has 0 aromatic heterocycles. The first-order valence-corrected chi connectivity index (χ1v) is 4.26. The van der Waals surface area contributed by atoms with Crippen LogP contribution in [0.4, 0.5) is 0 Å². The maximum atomic E-state index is 5.42. The van der Waals surface area contributed by atoms with Crippen molar-refractivity contribution in [2.24, 2.45) is 5.92 Å². The molecule has 0 amide bonds. The van der Waals surface area contributed by atoms with Gasteiger partial charge in [0.05, 0.1) is 6.10 Å². The van der Waals surface area contributed by atoms with Gasteiger partial charge in [0.2, 0.25) is 0 Å². The topological polar surface area (TPSA) is 21.3 Å². The molecule has 1 unspecified atom stereocenters. The van der Waals surface area contributed by atoms with Gasteiger partial charge in [-0.2, -0.15) is 5.48 Å². The summed E-state index contributed by atoms with van der Waals surface area (Å²) >= 11 is 0. The van der Waals surface area contributed by atoms with Gasteiger partial charge in [-0.25, -0.2) is 0 Å². The van der Waals surface area contributed by atoms with Crippen molar-refractivity contribution in [3.8, 4) is 0 Å². The fourth-order valence-electron chi connectivity index (χ4n) is 0.406. The minimum absolute atomic E-state index is 0.0448. The van der Waals surface area contributed by atoms with Crippen LogP contribution in [0.1, 0.15) is 41.5 Å². The molecular weight excluding hydrogens is 138 g/mol. The van der Waals surface area contributed by atoms with E-state index in [0.29, 0.717) is 5.92 Å². The molecule has 0 rings (SSSR count). The van der Waals surface area contributed by atoms with E-state index in [2.05, 4.69) is 47.0 Å². The molecule has 0 fully saturated rings. The molecule has 11 heavy (non-hydrogen) atoms. The second-order valence-corrected chi connectivity index (χ2v) is 4.42. The Morgan fingerprint density at radius 2 is 1.55 bits per heavy atom. The standard InChI is InChI=1S/C9H21NO/c1-7(2)8(3)11-10-9(4,5)6/h7-8,10H,1-6H3. The maximum Gasteiger partial charge on any atom is 0.0785 e. The van der Waals surface area contributed by atoms with Crippen LogP contribution in [0.25, 0.3) is 0 Å². The minimum Gasteiger partial charge on any atom is -0.298 e. The fourth-order valence-corrected chi connectivity index (χ4v) is 0.406. The number of hydroxylamine groups is 1. The van der Waals surface area contributed by atoms with E-state index in [9.17, 15) is 0 Å². The van der Waals surface area contributed by atoms with Gasteiger partial charge in [0.1, 0.15) is 0 Å². The van der Waals surface area contributed by atoms with Gasteiger partial charge < -0.3 is 0 Å². The Hall–Kier alpha value is -0.0800. The Balaban J connectivity index is 3.54. The first-order chi connectivity index (χ1) is 4.83. The Bertz CT molecular complexity index is 105. The van der Waals surface area contributed by atoms with E-state index in [1.54, 1.807) is 0 Å². The minimum atomic E-state index is 0.0448. The summed E-state index contributed by atoms with van der Waals surface area (Å²) in [5, 5.41) is 0. The van der Waals surface area contributed by atoms with Crippen molar-refractivity contribution in [2.45, 2.75) is 53.2 Å². The van der Waals surface area contributed by atoms with Crippen LogP contribution in [0.2, 0.25) is 0 Å². The summed E-state index contributed by atoms with van der Waals surface area (Å²) in [6.45, 7) is 12.6. The second-order valence-electron chi connectivity index (χ2n) is 4.42. The predicted molar refractivity (Wildman–Crippen MR) is 48.3 cm³/mol. The number of hydrogen-bond acceptors (Lipinski definition) is 2. The normalized spacial score (nSPS) is 15.5. The molecule has 0 spiro atoms. The largest absolute Gasteiger partial charge is 0.298 e. The van der Waals surface area contributed by atoms with E-state index in [1.807, 2.05) is 0 Å². The SMILES string of the molecule is CC(C)C(C)ONC(C)(C)C. The zero-order valence-electron chi connectivity index (χ0n) is 8.56. The van der Waals surface area contributed by atoms with Gasteiger partial charge in [0, 0.05) is 5.54 Å². The number of hydrogen-bond donors (Lipinski definition) is 1. The van der Waals surface area contributed by atoms with E-state index in [4.69, 9.17) is 4.84 Å². The fraction of sp³-hybridized carbons (Fsp3) is 1.00. The number of nitrogens with one attached hydrogen (secondary N) is 1. The Labute approximate surface area is 70.3 Å². The first-order valence-electron chi connectivity index (χ1n) is 4.26.